The zero-order chi connectivity index (χ0) is 11.8. The monoisotopic (exact) mass is 223 g/mol. The van der Waals surface area contributed by atoms with Crippen molar-refractivity contribution in [3.8, 4) is 0 Å². The minimum absolute atomic E-state index is 0.505. The number of hydrogen-bond acceptors (Lipinski definition) is 3. The molecule has 0 atom stereocenters. The van der Waals surface area contributed by atoms with Gasteiger partial charge in [-0.3, -0.25) is 4.98 Å². The summed E-state index contributed by atoms with van der Waals surface area (Å²) in [5.74, 6) is 0. The van der Waals surface area contributed by atoms with E-state index >= 15 is 0 Å². The molecule has 2 aromatic carbocycles. The topological polar surface area (TPSA) is 53.4 Å². The van der Waals surface area contributed by atoms with Crippen molar-refractivity contribution in [3.63, 3.8) is 0 Å². The molecule has 82 valence electrons. The van der Waals surface area contributed by atoms with Gasteiger partial charge in [0.2, 0.25) is 0 Å². The summed E-state index contributed by atoms with van der Waals surface area (Å²) < 4.78 is 0. The molecule has 3 aromatic rings. The average molecular weight is 223 g/mol. The van der Waals surface area contributed by atoms with E-state index in [1.807, 2.05) is 30.5 Å². The van der Waals surface area contributed by atoms with Crippen molar-refractivity contribution in [1.82, 2.24) is 4.98 Å². The van der Waals surface area contributed by atoms with Gasteiger partial charge in [0.1, 0.15) is 0 Å². The van der Waals surface area contributed by atoms with E-state index in [4.69, 9.17) is 10.0 Å². The molecule has 0 spiro atoms. The number of benzene rings is 2. The van der Waals surface area contributed by atoms with Crippen LogP contribution in [0.3, 0.4) is 0 Å². The van der Waals surface area contributed by atoms with Crippen LogP contribution in [0.5, 0.6) is 0 Å². The van der Waals surface area contributed by atoms with Gasteiger partial charge >= 0.3 is 7.12 Å². The predicted molar refractivity (Wildman–Crippen MR) is 69.1 cm³/mol. The Balaban J connectivity index is 2.37. The maximum Gasteiger partial charge on any atom is 0.488 e. The first-order valence-corrected chi connectivity index (χ1v) is 5.38. The van der Waals surface area contributed by atoms with Crippen LogP contribution >= 0.6 is 0 Å². The standard InChI is InChI=1S/C13H10BNO2/c16-14(17)11-3-4-12-9(7-11)1-2-10-8-15-6-5-13(10)12/h1-8,16-17H. The zero-order valence-electron chi connectivity index (χ0n) is 9.04. The van der Waals surface area contributed by atoms with E-state index in [0.29, 0.717) is 5.46 Å². The van der Waals surface area contributed by atoms with E-state index in [9.17, 15) is 0 Å². The summed E-state index contributed by atoms with van der Waals surface area (Å²) in [5.41, 5.74) is 0.505. The third-order valence-corrected chi connectivity index (χ3v) is 2.96. The van der Waals surface area contributed by atoms with E-state index < -0.39 is 7.12 Å². The van der Waals surface area contributed by atoms with Crippen LogP contribution in [0.25, 0.3) is 21.5 Å². The third kappa shape index (κ3) is 1.67. The summed E-state index contributed by atoms with van der Waals surface area (Å²) in [6.07, 6.45) is 3.58. The number of aromatic nitrogens is 1. The molecular weight excluding hydrogens is 213 g/mol. The van der Waals surface area contributed by atoms with Gasteiger partial charge in [0.15, 0.2) is 0 Å². The molecule has 1 aromatic heterocycles. The van der Waals surface area contributed by atoms with Crippen LogP contribution in [0.2, 0.25) is 0 Å². The lowest BCUT2D eigenvalue weighted by atomic mass is 9.79. The second-order valence-electron chi connectivity index (χ2n) is 4.02. The van der Waals surface area contributed by atoms with Crippen molar-refractivity contribution in [2.75, 3.05) is 0 Å². The fourth-order valence-corrected chi connectivity index (χ4v) is 2.09. The van der Waals surface area contributed by atoms with E-state index in [2.05, 4.69) is 4.98 Å². The van der Waals surface area contributed by atoms with Crippen molar-refractivity contribution >= 4 is 34.1 Å². The van der Waals surface area contributed by atoms with Gasteiger partial charge in [-0.25, -0.2) is 0 Å². The SMILES string of the molecule is OB(O)c1ccc2c(ccc3cnccc32)c1. The summed E-state index contributed by atoms with van der Waals surface area (Å²) in [6, 6.07) is 11.3. The van der Waals surface area contributed by atoms with E-state index in [1.54, 1.807) is 18.3 Å². The van der Waals surface area contributed by atoms with Crippen LogP contribution in [0.4, 0.5) is 0 Å². The maximum atomic E-state index is 9.14. The number of hydrogen-bond donors (Lipinski definition) is 2. The minimum atomic E-state index is -1.42. The lowest BCUT2D eigenvalue weighted by Gasteiger charge is -2.05. The van der Waals surface area contributed by atoms with Gasteiger partial charge < -0.3 is 10.0 Å². The summed E-state index contributed by atoms with van der Waals surface area (Å²) >= 11 is 0. The Hall–Kier alpha value is -1.91. The molecular formula is C13H10BNO2. The molecule has 0 bridgehead atoms. The first-order valence-electron chi connectivity index (χ1n) is 5.38. The molecule has 0 radical (unpaired) electrons. The van der Waals surface area contributed by atoms with Crippen LogP contribution in [0.15, 0.2) is 48.8 Å². The zero-order valence-corrected chi connectivity index (χ0v) is 9.04. The van der Waals surface area contributed by atoms with E-state index in [1.165, 1.54) is 0 Å². The fraction of sp³-hybridized carbons (Fsp3) is 0. The molecule has 1 heterocycles. The molecule has 0 unspecified atom stereocenters. The van der Waals surface area contributed by atoms with Crippen molar-refractivity contribution in [2.45, 2.75) is 0 Å². The number of nitrogens with zero attached hydrogens (tertiary/aromatic N) is 1. The normalized spacial score (nSPS) is 10.9. The second-order valence-corrected chi connectivity index (χ2v) is 4.02. The summed E-state index contributed by atoms with van der Waals surface area (Å²) in [5, 5.41) is 22.6. The summed E-state index contributed by atoms with van der Waals surface area (Å²) in [7, 11) is -1.42. The Morgan fingerprint density at radius 2 is 1.65 bits per heavy atom. The lowest BCUT2D eigenvalue weighted by Crippen LogP contribution is -2.29. The highest BCUT2D eigenvalue weighted by atomic mass is 16.4. The Labute approximate surface area is 98.5 Å². The molecule has 0 aliphatic carbocycles. The number of pyridine rings is 1. The molecule has 2 N–H and O–H groups in total. The van der Waals surface area contributed by atoms with Gasteiger partial charge in [-0.05, 0) is 27.7 Å². The van der Waals surface area contributed by atoms with Gasteiger partial charge in [-0.2, -0.15) is 0 Å². The molecule has 3 rings (SSSR count). The van der Waals surface area contributed by atoms with Gasteiger partial charge in [0, 0.05) is 17.8 Å². The summed E-state index contributed by atoms with van der Waals surface area (Å²) in [6.45, 7) is 0. The first kappa shape index (κ1) is 10.3. The number of fused-ring (bicyclic) bond motifs is 3. The number of rotatable bonds is 1. The Kier molecular flexibility index (Phi) is 2.32. The quantitative estimate of drug-likeness (QED) is 0.479. The molecule has 0 aliphatic heterocycles. The molecule has 0 amide bonds. The van der Waals surface area contributed by atoms with Crippen LogP contribution in [0, 0.1) is 0 Å². The van der Waals surface area contributed by atoms with Crippen LogP contribution in [0.1, 0.15) is 0 Å². The van der Waals surface area contributed by atoms with E-state index in [-0.39, 0.29) is 0 Å². The molecule has 3 nitrogen and oxygen atoms in total. The van der Waals surface area contributed by atoms with Crippen molar-refractivity contribution in [1.29, 1.82) is 0 Å². The Morgan fingerprint density at radius 3 is 2.47 bits per heavy atom. The van der Waals surface area contributed by atoms with Gasteiger partial charge in [-0.15, -0.1) is 0 Å². The largest absolute Gasteiger partial charge is 0.488 e. The highest BCUT2D eigenvalue weighted by Crippen LogP contribution is 2.23. The molecule has 0 fully saturated rings. The Bertz CT molecular complexity index is 697. The molecule has 0 aliphatic rings. The lowest BCUT2D eigenvalue weighted by molar-refractivity contribution is 0.426. The molecule has 0 saturated carbocycles. The fourth-order valence-electron chi connectivity index (χ4n) is 2.09. The van der Waals surface area contributed by atoms with Crippen LogP contribution in [-0.4, -0.2) is 22.2 Å². The van der Waals surface area contributed by atoms with Crippen molar-refractivity contribution in [2.24, 2.45) is 0 Å². The van der Waals surface area contributed by atoms with E-state index in [0.717, 1.165) is 21.5 Å². The smallest absolute Gasteiger partial charge is 0.423 e. The second kappa shape index (κ2) is 3.84. The highest BCUT2D eigenvalue weighted by Gasteiger charge is 2.11. The Morgan fingerprint density at radius 1 is 0.882 bits per heavy atom. The van der Waals surface area contributed by atoms with Crippen molar-refractivity contribution < 1.29 is 10.0 Å². The summed E-state index contributed by atoms with van der Waals surface area (Å²) in [4.78, 5) is 4.09. The minimum Gasteiger partial charge on any atom is -0.423 e. The van der Waals surface area contributed by atoms with Crippen LogP contribution in [-0.2, 0) is 0 Å². The molecule has 4 heteroatoms. The highest BCUT2D eigenvalue weighted by molar-refractivity contribution is 6.59. The van der Waals surface area contributed by atoms with Gasteiger partial charge in [-0.1, -0.05) is 30.3 Å². The average Bonchev–Trinajstić information content (AvgIpc) is 2.38. The predicted octanol–water partition coefficient (Wildman–Crippen LogP) is 1.07. The maximum absolute atomic E-state index is 9.14. The van der Waals surface area contributed by atoms with Crippen LogP contribution < -0.4 is 5.46 Å². The molecule has 17 heavy (non-hydrogen) atoms. The van der Waals surface area contributed by atoms with Crippen molar-refractivity contribution in [3.05, 3.63) is 48.8 Å². The third-order valence-electron chi connectivity index (χ3n) is 2.96. The first-order chi connectivity index (χ1) is 8.25. The van der Waals surface area contributed by atoms with Gasteiger partial charge in [0.25, 0.3) is 0 Å². The van der Waals surface area contributed by atoms with Gasteiger partial charge in [0.05, 0.1) is 0 Å². The molecule has 0 saturated heterocycles.